The second-order valence-corrected chi connectivity index (χ2v) is 6.70. The van der Waals surface area contributed by atoms with E-state index in [-0.39, 0.29) is 11.7 Å². The van der Waals surface area contributed by atoms with Crippen molar-refractivity contribution in [3.63, 3.8) is 0 Å². The number of benzene rings is 1. The topological polar surface area (TPSA) is 61.6 Å². The zero-order chi connectivity index (χ0) is 18.1. The molecule has 6 nitrogen and oxygen atoms in total. The van der Waals surface area contributed by atoms with Gasteiger partial charge < -0.3 is 14.9 Å². The van der Waals surface area contributed by atoms with Gasteiger partial charge in [-0.25, -0.2) is 4.39 Å². The van der Waals surface area contributed by atoms with Gasteiger partial charge >= 0.3 is 0 Å². The molecule has 1 amide bonds. The number of carbonyl (C=O) groups is 1. The number of nitrogens with zero attached hydrogens (tertiary/aromatic N) is 4. The molecule has 7 heteroatoms. The number of carbonyl (C=O) groups excluding carboxylic acids is 1. The van der Waals surface area contributed by atoms with Crippen LogP contribution in [0.2, 0.25) is 0 Å². The van der Waals surface area contributed by atoms with Crippen LogP contribution in [0.25, 0.3) is 0 Å². The summed E-state index contributed by atoms with van der Waals surface area (Å²) in [4.78, 5) is 16.3. The van der Waals surface area contributed by atoms with Crippen LogP contribution in [0.1, 0.15) is 33.4 Å². The molecule has 1 aromatic carbocycles. The number of aliphatic hydroxyl groups is 1. The molecular formula is C18H23FN4O2. The van der Waals surface area contributed by atoms with Crippen LogP contribution < -0.4 is 0 Å². The quantitative estimate of drug-likeness (QED) is 0.913. The summed E-state index contributed by atoms with van der Waals surface area (Å²) in [6, 6.07) is 6.40. The molecule has 1 N–H and O–H groups in total. The van der Waals surface area contributed by atoms with Gasteiger partial charge in [0.05, 0.1) is 24.5 Å². The van der Waals surface area contributed by atoms with E-state index in [1.807, 2.05) is 29.7 Å². The lowest BCUT2D eigenvalue weighted by molar-refractivity contribution is 0.0704. The van der Waals surface area contributed by atoms with Crippen molar-refractivity contribution in [2.24, 2.45) is 0 Å². The first kappa shape index (κ1) is 17.6. The normalized spacial score (nSPS) is 15.4. The number of amides is 1. The van der Waals surface area contributed by atoms with Crippen LogP contribution >= 0.6 is 0 Å². The van der Waals surface area contributed by atoms with Gasteiger partial charge in [-0.3, -0.25) is 9.48 Å². The first-order valence-corrected chi connectivity index (χ1v) is 8.30. The van der Waals surface area contributed by atoms with Gasteiger partial charge in [-0.15, -0.1) is 0 Å². The molecule has 0 radical (unpaired) electrons. The predicted octanol–water partition coefficient (Wildman–Crippen LogP) is 1.58. The average Bonchev–Trinajstić information content (AvgIpc) is 2.99. The summed E-state index contributed by atoms with van der Waals surface area (Å²) in [5.41, 5.74) is 2.25. The molecule has 25 heavy (non-hydrogen) atoms. The Morgan fingerprint density at radius 2 is 2.16 bits per heavy atom. The first-order valence-electron chi connectivity index (χ1n) is 8.30. The minimum absolute atomic E-state index is 0.181. The monoisotopic (exact) mass is 346 g/mol. The van der Waals surface area contributed by atoms with E-state index in [2.05, 4.69) is 5.10 Å². The molecule has 3 rings (SSSR count). The number of likely N-dealkylation sites (N-methyl/N-ethyl adjacent to an activating group) is 1. The largest absolute Gasteiger partial charge is 0.385 e. The van der Waals surface area contributed by atoms with E-state index in [1.54, 1.807) is 24.0 Å². The molecule has 0 bridgehead atoms. The molecular weight excluding hydrogens is 323 g/mol. The Morgan fingerprint density at radius 3 is 2.88 bits per heavy atom. The second kappa shape index (κ2) is 6.93. The van der Waals surface area contributed by atoms with Gasteiger partial charge in [0.25, 0.3) is 5.91 Å². The number of hydrogen-bond donors (Lipinski definition) is 1. The van der Waals surface area contributed by atoms with Crippen LogP contribution in [0, 0.1) is 12.7 Å². The Kier molecular flexibility index (Phi) is 4.87. The van der Waals surface area contributed by atoms with Gasteiger partial charge in [0.1, 0.15) is 11.9 Å². The zero-order valence-corrected chi connectivity index (χ0v) is 14.7. The van der Waals surface area contributed by atoms with Gasteiger partial charge in [-0.05, 0) is 44.8 Å². The van der Waals surface area contributed by atoms with Crippen molar-refractivity contribution < 1.29 is 14.3 Å². The lowest BCUT2D eigenvalue weighted by Gasteiger charge is -2.28. The van der Waals surface area contributed by atoms with Crippen LogP contribution in [0.3, 0.4) is 0 Å². The molecule has 2 aromatic rings. The fourth-order valence-corrected chi connectivity index (χ4v) is 3.07. The van der Waals surface area contributed by atoms with Crippen LogP contribution in [-0.4, -0.2) is 57.8 Å². The number of hydrogen-bond acceptors (Lipinski definition) is 4. The predicted molar refractivity (Wildman–Crippen MR) is 91.6 cm³/mol. The number of halogens is 1. The average molecular weight is 346 g/mol. The number of aromatic nitrogens is 2. The van der Waals surface area contributed by atoms with Crippen LogP contribution in [0.5, 0.6) is 0 Å². The Bertz CT molecular complexity index is 787. The minimum Gasteiger partial charge on any atom is -0.385 e. The van der Waals surface area contributed by atoms with E-state index in [1.165, 1.54) is 6.07 Å². The maximum absolute atomic E-state index is 13.7. The van der Waals surface area contributed by atoms with Crippen molar-refractivity contribution in [1.29, 1.82) is 0 Å². The number of aliphatic hydroxyl groups excluding tert-OH is 1. The number of fused-ring (bicyclic) bond motifs is 1. The van der Waals surface area contributed by atoms with Gasteiger partial charge in [0.2, 0.25) is 0 Å². The molecule has 0 unspecified atom stereocenters. The zero-order valence-electron chi connectivity index (χ0n) is 14.7. The second-order valence-electron chi connectivity index (χ2n) is 6.70. The van der Waals surface area contributed by atoms with Crippen molar-refractivity contribution >= 4 is 5.91 Å². The van der Waals surface area contributed by atoms with E-state index >= 15 is 0 Å². The summed E-state index contributed by atoms with van der Waals surface area (Å²) in [5, 5.41) is 14.7. The van der Waals surface area contributed by atoms with Gasteiger partial charge in [-0.1, -0.05) is 6.07 Å². The van der Waals surface area contributed by atoms with Crippen LogP contribution in [0.15, 0.2) is 24.3 Å². The molecule has 2 heterocycles. The molecule has 0 aliphatic carbocycles. The van der Waals surface area contributed by atoms with E-state index < -0.39 is 6.10 Å². The lowest BCUT2D eigenvalue weighted by atomic mass is 10.1. The first-order chi connectivity index (χ1) is 11.9. The highest BCUT2D eigenvalue weighted by atomic mass is 19.1. The van der Waals surface area contributed by atoms with Gasteiger partial charge in [0, 0.05) is 18.7 Å². The highest BCUT2D eigenvalue weighted by Crippen LogP contribution is 2.21. The third-order valence-corrected chi connectivity index (χ3v) is 4.48. The van der Waals surface area contributed by atoms with E-state index in [9.17, 15) is 14.3 Å². The molecule has 0 fully saturated rings. The summed E-state index contributed by atoms with van der Waals surface area (Å²) in [7, 11) is 3.78. The smallest absolute Gasteiger partial charge is 0.254 e. The van der Waals surface area contributed by atoms with Gasteiger partial charge in [0.15, 0.2) is 0 Å². The minimum atomic E-state index is -0.664. The number of rotatable bonds is 4. The summed E-state index contributed by atoms with van der Waals surface area (Å²) in [5.74, 6) is -0.554. The molecule has 1 aliphatic heterocycles. The summed E-state index contributed by atoms with van der Waals surface area (Å²) in [6.45, 7) is 3.57. The van der Waals surface area contributed by atoms with Crippen molar-refractivity contribution in [3.05, 3.63) is 52.6 Å². The summed E-state index contributed by atoms with van der Waals surface area (Å²) in [6.07, 6.45) is -0.664. The van der Waals surface area contributed by atoms with Crippen molar-refractivity contribution in [1.82, 2.24) is 19.6 Å². The Labute approximate surface area is 146 Å². The Hall–Kier alpha value is -2.25. The Morgan fingerprint density at radius 1 is 1.40 bits per heavy atom. The maximum atomic E-state index is 13.7. The molecule has 134 valence electrons. The summed E-state index contributed by atoms with van der Waals surface area (Å²) >= 11 is 0. The maximum Gasteiger partial charge on any atom is 0.254 e. The fourth-order valence-electron chi connectivity index (χ4n) is 3.07. The lowest BCUT2D eigenvalue weighted by Crippen LogP contribution is -2.38. The van der Waals surface area contributed by atoms with Crippen molar-refractivity contribution in [3.8, 4) is 0 Å². The molecule has 1 aliphatic rings. The third kappa shape index (κ3) is 3.57. The SMILES string of the molecule is Cc1c(F)cccc1C(=O)N1CCn2nc([C@@H](O)CN(C)C)cc2C1. The van der Waals surface area contributed by atoms with Crippen LogP contribution in [-0.2, 0) is 13.1 Å². The molecule has 0 saturated heterocycles. The van der Waals surface area contributed by atoms with Crippen molar-refractivity contribution in [2.45, 2.75) is 26.1 Å². The molecule has 0 saturated carbocycles. The van der Waals surface area contributed by atoms with E-state index in [4.69, 9.17) is 0 Å². The van der Waals surface area contributed by atoms with Crippen molar-refractivity contribution in [2.75, 3.05) is 27.2 Å². The fraction of sp³-hybridized carbons (Fsp3) is 0.444. The Balaban J connectivity index is 1.78. The summed E-state index contributed by atoms with van der Waals surface area (Å²) < 4.78 is 15.6. The van der Waals surface area contributed by atoms with Crippen LogP contribution in [0.4, 0.5) is 4.39 Å². The third-order valence-electron chi connectivity index (χ3n) is 4.48. The highest BCUT2D eigenvalue weighted by Gasteiger charge is 2.26. The molecule has 1 atom stereocenters. The molecule has 1 aromatic heterocycles. The van der Waals surface area contributed by atoms with Gasteiger partial charge in [-0.2, -0.15) is 5.10 Å². The standard InChI is InChI=1S/C18H23FN4O2/c1-12-14(5-4-6-15(12)19)18(25)22-7-8-23-13(10-22)9-16(20-23)17(24)11-21(2)3/h4-6,9,17,24H,7-8,10-11H2,1-3H3/t17-/m0/s1. The highest BCUT2D eigenvalue weighted by molar-refractivity contribution is 5.95. The molecule has 0 spiro atoms. The van der Waals surface area contributed by atoms with E-state index in [0.29, 0.717) is 43.0 Å². The van der Waals surface area contributed by atoms with E-state index in [0.717, 1.165) is 5.69 Å².